The number of ether oxygens (including phenoxy) is 2. The number of aromatic nitrogens is 1. The molecule has 1 heterocycles. The van der Waals surface area contributed by atoms with E-state index in [2.05, 4.69) is 9.69 Å². The highest BCUT2D eigenvalue weighted by atomic mass is 32.1. The molecule has 11 heteroatoms. The van der Waals surface area contributed by atoms with Crippen molar-refractivity contribution in [1.29, 1.82) is 0 Å². The number of nitrogen functional groups attached to an aromatic ring is 1. The third-order valence-electron chi connectivity index (χ3n) is 5.54. The van der Waals surface area contributed by atoms with Gasteiger partial charge in [0, 0.05) is 19.3 Å². The van der Waals surface area contributed by atoms with Gasteiger partial charge in [-0.15, -0.1) is 0 Å². The van der Waals surface area contributed by atoms with Crippen LogP contribution in [0.1, 0.15) is 42.9 Å². The van der Waals surface area contributed by atoms with Crippen LogP contribution in [-0.4, -0.2) is 49.5 Å². The molecule has 0 saturated heterocycles. The van der Waals surface area contributed by atoms with E-state index < -0.39 is 23.8 Å². The van der Waals surface area contributed by atoms with Crippen LogP contribution in [0.4, 0.5) is 11.4 Å². The van der Waals surface area contributed by atoms with Crippen LogP contribution in [-0.2, 0) is 9.53 Å². The van der Waals surface area contributed by atoms with Crippen LogP contribution in [0.3, 0.4) is 0 Å². The summed E-state index contributed by atoms with van der Waals surface area (Å²) in [7, 11) is 3.07. The van der Waals surface area contributed by atoms with Crippen LogP contribution in [0.5, 0.6) is 5.75 Å². The van der Waals surface area contributed by atoms with Crippen LogP contribution >= 0.6 is 11.5 Å². The molecule has 190 valence electrons. The van der Waals surface area contributed by atoms with E-state index in [9.17, 15) is 14.4 Å². The lowest BCUT2D eigenvalue weighted by Crippen LogP contribution is -2.45. The lowest BCUT2D eigenvalue weighted by Gasteiger charge is -2.32. The second-order valence-corrected chi connectivity index (χ2v) is 8.84. The zero-order valence-corrected chi connectivity index (χ0v) is 21.3. The molecule has 1 aromatic heterocycles. The predicted molar refractivity (Wildman–Crippen MR) is 138 cm³/mol. The molecule has 2 aromatic carbocycles. The molecule has 0 radical (unpaired) electrons. The van der Waals surface area contributed by atoms with Crippen molar-refractivity contribution in [1.82, 2.24) is 9.69 Å². The number of methoxy groups -OCH3 is 2. The summed E-state index contributed by atoms with van der Waals surface area (Å²) in [5, 5.41) is 2.83. The number of anilines is 2. The van der Waals surface area contributed by atoms with Gasteiger partial charge < -0.3 is 26.3 Å². The number of primary amides is 1. The first-order valence-electron chi connectivity index (χ1n) is 11.1. The van der Waals surface area contributed by atoms with Gasteiger partial charge in [-0.05, 0) is 60.3 Å². The lowest BCUT2D eigenvalue weighted by molar-refractivity contribution is -0.122. The molecule has 0 aliphatic heterocycles. The van der Waals surface area contributed by atoms with Crippen LogP contribution in [0.15, 0.2) is 42.5 Å². The van der Waals surface area contributed by atoms with Crippen LogP contribution in [0.25, 0.3) is 0 Å². The van der Waals surface area contributed by atoms with E-state index in [0.29, 0.717) is 23.6 Å². The monoisotopic (exact) mass is 511 g/mol. The molecule has 0 spiro atoms. The van der Waals surface area contributed by atoms with E-state index in [4.69, 9.17) is 20.9 Å². The Hall–Kier alpha value is -3.96. The van der Waals surface area contributed by atoms with E-state index in [1.165, 1.54) is 12.0 Å². The van der Waals surface area contributed by atoms with Crippen molar-refractivity contribution in [3.8, 4) is 5.75 Å². The average Bonchev–Trinajstić information content (AvgIpc) is 3.25. The largest absolute Gasteiger partial charge is 0.497 e. The van der Waals surface area contributed by atoms with Crippen LogP contribution < -0.4 is 26.4 Å². The number of nitrogens with one attached hydrogen (secondary N) is 1. The Morgan fingerprint density at radius 1 is 1.11 bits per heavy atom. The molecule has 3 rings (SSSR count). The number of rotatable bonds is 10. The summed E-state index contributed by atoms with van der Waals surface area (Å²) in [4.78, 5) is 40.8. The smallest absolute Gasteiger partial charge is 0.273 e. The molecule has 36 heavy (non-hydrogen) atoms. The van der Waals surface area contributed by atoms with E-state index in [0.717, 1.165) is 22.7 Å². The van der Waals surface area contributed by atoms with Crippen LogP contribution in [0, 0.1) is 13.8 Å². The first-order valence-corrected chi connectivity index (χ1v) is 11.8. The van der Waals surface area contributed by atoms with Gasteiger partial charge in [0.05, 0.1) is 19.4 Å². The minimum atomic E-state index is -1.08. The fourth-order valence-electron chi connectivity index (χ4n) is 3.66. The molecular weight excluding hydrogens is 482 g/mol. The molecule has 3 aromatic rings. The van der Waals surface area contributed by atoms with Gasteiger partial charge in [-0.1, -0.05) is 24.3 Å². The van der Waals surface area contributed by atoms with Gasteiger partial charge in [-0.3, -0.25) is 19.3 Å². The number of carbonyl (C=O) groups is 3. The summed E-state index contributed by atoms with van der Waals surface area (Å²) in [5.74, 6) is -1.26. The number of aryl methyl sites for hydroxylation is 2. The van der Waals surface area contributed by atoms with Crippen molar-refractivity contribution < 1.29 is 23.9 Å². The van der Waals surface area contributed by atoms with Gasteiger partial charge in [0.25, 0.3) is 11.8 Å². The van der Waals surface area contributed by atoms with Crippen LogP contribution in [0.2, 0.25) is 0 Å². The fourth-order valence-corrected chi connectivity index (χ4v) is 4.40. The summed E-state index contributed by atoms with van der Waals surface area (Å²) in [5.41, 5.74) is 13.9. The zero-order chi connectivity index (χ0) is 26.4. The molecule has 10 nitrogen and oxygen atoms in total. The Morgan fingerprint density at radius 3 is 2.39 bits per heavy atom. The van der Waals surface area contributed by atoms with Gasteiger partial charge in [0.1, 0.15) is 16.7 Å². The maximum atomic E-state index is 14.1. The lowest BCUT2D eigenvalue weighted by atomic mass is 10.0. The Bertz CT molecular complexity index is 1260. The summed E-state index contributed by atoms with van der Waals surface area (Å²) in [6.07, 6.45) is 0. The summed E-state index contributed by atoms with van der Waals surface area (Å²) >= 11 is 0.759. The molecule has 3 amide bonds. The summed E-state index contributed by atoms with van der Waals surface area (Å²) in [6, 6.07) is 11.4. The highest BCUT2D eigenvalue weighted by Gasteiger charge is 2.36. The van der Waals surface area contributed by atoms with Gasteiger partial charge >= 0.3 is 0 Å². The number of benzene rings is 2. The minimum absolute atomic E-state index is 0.00732. The van der Waals surface area contributed by atoms with Gasteiger partial charge in [0.15, 0.2) is 5.69 Å². The average molecular weight is 512 g/mol. The maximum absolute atomic E-state index is 14.1. The van der Waals surface area contributed by atoms with Crippen molar-refractivity contribution in [3.63, 3.8) is 0 Å². The normalized spacial score (nSPS) is 11.6. The number of carbonyl (C=O) groups excluding carboxylic acids is 3. The number of hydrogen-bond acceptors (Lipinski definition) is 8. The number of amides is 3. The standard InChI is InChI=1S/C25H29N5O5S/c1-14-5-6-15(2)18(13-14)30(25(33)22-19(26)20(23(27)31)29-36-22)21(24(32)28-11-12-34-3)16-7-9-17(35-4)10-8-16/h5-10,13,21H,11-12,26H2,1-4H3,(H2,27,31)(H,28,32)/t21-/m0/s1. The van der Waals surface area contributed by atoms with E-state index >= 15 is 0 Å². The third-order valence-corrected chi connectivity index (χ3v) is 6.39. The molecule has 0 bridgehead atoms. The van der Waals surface area contributed by atoms with Gasteiger partial charge in [0.2, 0.25) is 5.91 Å². The highest BCUT2D eigenvalue weighted by Crippen LogP contribution is 2.35. The quantitative estimate of drug-likeness (QED) is 0.354. The number of nitrogens with zero attached hydrogens (tertiary/aromatic N) is 2. The minimum Gasteiger partial charge on any atom is -0.497 e. The van der Waals surface area contributed by atoms with E-state index in [-0.39, 0.29) is 22.8 Å². The molecule has 0 aliphatic rings. The molecule has 0 saturated carbocycles. The van der Waals surface area contributed by atoms with E-state index in [1.54, 1.807) is 31.4 Å². The SMILES string of the molecule is COCCNC(=O)[C@H](c1ccc(OC)cc1)N(C(=O)c1snc(C(N)=O)c1N)c1cc(C)ccc1C. The second kappa shape index (κ2) is 11.6. The second-order valence-electron chi connectivity index (χ2n) is 8.06. The Balaban J connectivity index is 2.23. The molecule has 1 atom stereocenters. The molecule has 0 unspecified atom stereocenters. The van der Waals surface area contributed by atoms with Crippen molar-refractivity contribution in [3.05, 3.63) is 69.7 Å². The molecular formula is C25H29N5O5S. The van der Waals surface area contributed by atoms with Crippen molar-refractivity contribution in [2.75, 3.05) is 38.0 Å². The third kappa shape index (κ3) is 5.64. The van der Waals surface area contributed by atoms with E-state index in [1.807, 2.05) is 32.0 Å². The number of hydrogen-bond donors (Lipinski definition) is 3. The van der Waals surface area contributed by atoms with Gasteiger partial charge in [-0.2, -0.15) is 4.37 Å². The first kappa shape index (κ1) is 26.6. The van der Waals surface area contributed by atoms with Crippen molar-refractivity contribution in [2.45, 2.75) is 19.9 Å². The molecule has 0 aliphatic carbocycles. The van der Waals surface area contributed by atoms with Crippen molar-refractivity contribution >= 4 is 40.6 Å². The maximum Gasteiger partial charge on any atom is 0.273 e. The van der Waals surface area contributed by atoms with Crippen molar-refractivity contribution in [2.24, 2.45) is 5.73 Å². The first-order chi connectivity index (χ1) is 17.2. The predicted octanol–water partition coefficient (Wildman–Crippen LogP) is 2.60. The Labute approximate surface area is 213 Å². The fraction of sp³-hybridized carbons (Fsp3) is 0.280. The Morgan fingerprint density at radius 2 is 1.81 bits per heavy atom. The van der Waals surface area contributed by atoms with Gasteiger partial charge in [-0.25, -0.2) is 0 Å². The molecule has 0 fully saturated rings. The number of nitrogens with two attached hydrogens (primary N) is 2. The Kier molecular flexibility index (Phi) is 8.62. The molecule has 5 N–H and O–H groups in total. The highest BCUT2D eigenvalue weighted by molar-refractivity contribution is 7.09. The summed E-state index contributed by atoms with van der Waals surface area (Å²) in [6.45, 7) is 4.26. The topological polar surface area (TPSA) is 150 Å². The summed E-state index contributed by atoms with van der Waals surface area (Å²) < 4.78 is 14.3. The zero-order valence-electron chi connectivity index (χ0n) is 20.5.